The number of aryl methyl sites for hydroxylation is 2. The monoisotopic (exact) mass is 568 g/mol. The molecule has 0 saturated heterocycles. The van der Waals surface area contributed by atoms with Crippen molar-refractivity contribution in [2.75, 3.05) is 20.6 Å². The van der Waals surface area contributed by atoms with Gasteiger partial charge < -0.3 is 19.9 Å². The SMILES string of the molecule is Cc1cccc(C)c1-c1cncc([C@H](CC(=O)O)NC(=O)[C@H](CC(C)C)n2cc(C(F)(F)CN(C)C)ccc2=O)c1. The van der Waals surface area contributed by atoms with Crippen LogP contribution in [0.15, 0.2) is 59.8 Å². The Balaban J connectivity index is 2.02. The van der Waals surface area contributed by atoms with Crippen molar-refractivity contribution < 1.29 is 23.5 Å². The van der Waals surface area contributed by atoms with E-state index >= 15 is 0 Å². The second-order valence-corrected chi connectivity index (χ2v) is 11.2. The fourth-order valence-corrected chi connectivity index (χ4v) is 5.00. The Labute approximate surface area is 239 Å². The van der Waals surface area contributed by atoms with Crippen LogP contribution in [0.1, 0.15) is 61.0 Å². The number of amides is 1. The van der Waals surface area contributed by atoms with Gasteiger partial charge in [-0.2, -0.15) is 8.78 Å². The number of carboxylic acids is 1. The third kappa shape index (κ3) is 8.07. The van der Waals surface area contributed by atoms with Gasteiger partial charge >= 0.3 is 5.97 Å². The van der Waals surface area contributed by atoms with Crippen molar-refractivity contribution in [1.29, 1.82) is 0 Å². The Morgan fingerprint density at radius 2 is 1.76 bits per heavy atom. The topological polar surface area (TPSA) is 105 Å². The molecule has 2 aromatic heterocycles. The lowest BCUT2D eigenvalue weighted by Gasteiger charge is -2.27. The molecule has 3 aromatic rings. The van der Waals surface area contributed by atoms with E-state index in [1.54, 1.807) is 12.3 Å². The van der Waals surface area contributed by atoms with Crippen LogP contribution in [0.5, 0.6) is 0 Å². The van der Waals surface area contributed by atoms with E-state index in [1.165, 1.54) is 25.2 Å². The summed E-state index contributed by atoms with van der Waals surface area (Å²) in [5, 5.41) is 12.4. The van der Waals surface area contributed by atoms with E-state index < -0.39 is 48.4 Å². The Bertz CT molecular complexity index is 1430. The highest BCUT2D eigenvalue weighted by molar-refractivity contribution is 5.82. The van der Waals surface area contributed by atoms with Crippen LogP contribution in [0.4, 0.5) is 8.78 Å². The average Bonchev–Trinajstić information content (AvgIpc) is 2.86. The second-order valence-electron chi connectivity index (χ2n) is 11.2. The molecule has 220 valence electrons. The summed E-state index contributed by atoms with van der Waals surface area (Å²) in [5.74, 6) is -5.12. The zero-order chi connectivity index (χ0) is 30.5. The molecule has 0 unspecified atom stereocenters. The molecule has 41 heavy (non-hydrogen) atoms. The number of nitrogens with zero attached hydrogens (tertiary/aromatic N) is 3. The lowest BCUT2D eigenvalue weighted by atomic mass is 9.94. The molecule has 0 radical (unpaired) electrons. The number of hydrogen-bond acceptors (Lipinski definition) is 5. The van der Waals surface area contributed by atoms with Crippen LogP contribution in [0.25, 0.3) is 11.1 Å². The van der Waals surface area contributed by atoms with E-state index in [4.69, 9.17) is 0 Å². The number of rotatable bonds is 12. The molecule has 0 aliphatic carbocycles. The first-order valence-corrected chi connectivity index (χ1v) is 13.5. The minimum Gasteiger partial charge on any atom is -0.481 e. The van der Waals surface area contributed by atoms with Gasteiger partial charge in [0.25, 0.3) is 11.5 Å². The minimum absolute atomic E-state index is 0.0736. The normalized spacial score (nSPS) is 13.3. The molecule has 0 aliphatic heterocycles. The lowest BCUT2D eigenvalue weighted by Crippen LogP contribution is -2.40. The van der Waals surface area contributed by atoms with Crippen LogP contribution in [-0.4, -0.2) is 52.1 Å². The van der Waals surface area contributed by atoms with E-state index in [0.29, 0.717) is 5.56 Å². The Morgan fingerprint density at radius 1 is 1.10 bits per heavy atom. The summed E-state index contributed by atoms with van der Waals surface area (Å²) in [4.78, 5) is 44.1. The average molecular weight is 569 g/mol. The molecular weight excluding hydrogens is 530 g/mol. The summed E-state index contributed by atoms with van der Waals surface area (Å²) in [6.07, 6.45) is 3.95. The number of halogens is 2. The van der Waals surface area contributed by atoms with Gasteiger partial charge in [-0.05, 0) is 74.7 Å². The van der Waals surface area contributed by atoms with E-state index in [9.17, 15) is 28.3 Å². The maximum Gasteiger partial charge on any atom is 0.305 e. The van der Waals surface area contributed by atoms with Crippen LogP contribution in [0.2, 0.25) is 0 Å². The zero-order valence-corrected chi connectivity index (χ0v) is 24.3. The maximum atomic E-state index is 14.9. The Kier molecular flexibility index (Phi) is 10.1. The van der Waals surface area contributed by atoms with Gasteiger partial charge in [-0.25, -0.2) is 0 Å². The molecule has 2 heterocycles. The molecule has 2 atom stereocenters. The van der Waals surface area contributed by atoms with E-state index in [1.807, 2.05) is 45.9 Å². The number of carbonyl (C=O) groups excluding carboxylic acids is 1. The molecular formula is C31H38F2N4O4. The van der Waals surface area contributed by atoms with Crippen LogP contribution in [0.3, 0.4) is 0 Å². The molecule has 1 aromatic carbocycles. The number of benzene rings is 1. The highest BCUT2D eigenvalue weighted by Crippen LogP contribution is 2.31. The van der Waals surface area contributed by atoms with Gasteiger partial charge in [-0.1, -0.05) is 32.0 Å². The van der Waals surface area contributed by atoms with Gasteiger partial charge in [0.1, 0.15) is 6.04 Å². The van der Waals surface area contributed by atoms with Crippen molar-refractivity contribution in [3.8, 4) is 11.1 Å². The fraction of sp³-hybridized carbons (Fsp3) is 0.419. The summed E-state index contributed by atoms with van der Waals surface area (Å²) in [6, 6.07) is 7.68. The van der Waals surface area contributed by atoms with Gasteiger partial charge in [0.15, 0.2) is 0 Å². The van der Waals surface area contributed by atoms with Crippen molar-refractivity contribution in [2.24, 2.45) is 5.92 Å². The summed E-state index contributed by atoms with van der Waals surface area (Å²) >= 11 is 0. The molecule has 8 nitrogen and oxygen atoms in total. The van der Waals surface area contributed by atoms with Gasteiger partial charge in [0.2, 0.25) is 5.91 Å². The molecule has 0 fully saturated rings. The Hall–Kier alpha value is -3.92. The van der Waals surface area contributed by atoms with Gasteiger partial charge in [0.05, 0.1) is 19.0 Å². The number of aromatic nitrogens is 2. The standard InChI is InChI=1S/C31H38F2N4O4/c1-19(2)12-26(37-17-24(10-11-27(37)38)31(32,33)18-36(5)6)30(41)35-25(14-28(39)40)22-13-23(16-34-15-22)29-20(3)8-7-9-21(29)4/h7-11,13,15-17,19,25-26H,12,14,18H2,1-6H3,(H,35,41)(H,39,40)/t25-,26-/m0/s1. The van der Waals surface area contributed by atoms with Crippen molar-refractivity contribution in [3.63, 3.8) is 0 Å². The quantitative estimate of drug-likeness (QED) is 0.315. The molecule has 0 aliphatic rings. The van der Waals surface area contributed by atoms with Crippen molar-refractivity contribution in [1.82, 2.24) is 19.8 Å². The number of likely N-dealkylation sites (N-methyl/N-ethyl adjacent to an activating group) is 1. The summed E-state index contributed by atoms with van der Waals surface area (Å²) in [6.45, 7) is 7.06. The van der Waals surface area contributed by atoms with Crippen molar-refractivity contribution in [2.45, 2.75) is 58.5 Å². The van der Waals surface area contributed by atoms with E-state index in [0.717, 1.165) is 45.2 Å². The third-order valence-corrected chi connectivity index (χ3v) is 6.84. The van der Waals surface area contributed by atoms with Crippen molar-refractivity contribution >= 4 is 11.9 Å². The summed E-state index contributed by atoms with van der Waals surface area (Å²) < 4.78 is 30.9. The van der Waals surface area contributed by atoms with E-state index in [-0.39, 0.29) is 17.9 Å². The van der Waals surface area contributed by atoms with Crippen LogP contribution < -0.4 is 10.9 Å². The van der Waals surface area contributed by atoms with Gasteiger partial charge in [0, 0.05) is 35.8 Å². The number of hydrogen-bond donors (Lipinski definition) is 2. The Morgan fingerprint density at radius 3 is 2.34 bits per heavy atom. The predicted molar refractivity (Wildman–Crippen MR) is 154 cm³/mol. The largest absolute Gasteiger partial charge is 0.481 e. The van der Waals surface area contributed by atoms with E-state index in [2.05, 4.69) is 10.3 Å². The minimum atomic E-state index is -3.26. The summed E-state index contributed by atoms with van der Waals surface area (Å²) in [7, 11) is 3.04. The molecule has 3 rings (SSSR count). The zero-order valence-electron chi connectivity index (χ0n) is 24.3. The highest BCUT2D eigenvalue weighted by Gasteiger charge is 2.34. The van der Waals surface area contributed by atoms with Crippen molar-refractivity contribution in [3.05, 3.63) is 87.6 Å². The van der Waals surface area contributed by atoms with Gasteiger partial charge in [-0.3, -0.25) is 19.4 Å². The molecule has 0 saturated carbocycles. The lowest BCUT2D eigenvalue weighted by molar-refractivity contribution is -0.138. The first-order valence-electron chi connectivity index (χ1n) is 13.5. The second kappa shape index (κ2) is 13.2. The fourth-order valence-electron chi connectivity index (χ4n) is 5.00. The number of pyridine rings is 2. The maximum absolute atomic E-state index is 14.9. The third-order valence-electron chi connectivity index (χ3n) is 6.84. The molecule has 0 bridgehead atoms. The van der Waals surface area contributed by atoms with Gasteiger partial charge in [-0.15, -0.1) is 0 Å². The molecule has 1 amide bonds. The first-order chi connectivity index (χ1) is 19.2. The smallest absolute Gasteiger partial charge is 0.305 e. The number of carbonyl (C=O) groups is 2. The predicted octanol–water partition coefficient (Wildman–Crippen LogP) is 5.10. The summed E-state index contributed by atoms with van der Waals surface area (Å²) in [5.41, 5.74) is 3.25. The number of aliphatic carboxylic acids is 1. The molecule has 0 spiro atoms. The number of carboxylic acid groups (broad SMARTS) is 1. The molecule has 2 N–H and O–H groups in total. The van der Waals surface area contributed by atoms with Crippen LogP contribution in [0, 0.1) is 19.8 Å². The molecule has 10 heteroatoms. The highest BCUT2D eigenvalue weighted by atomic mass is 19.3. The number of alkyl halides is 2. The first kappa shape index (κ1) is 31.6. The number of nitrogens with one attached hydrogen (secondary N) is 1. The van der Waals surface area contributed by atoms with Crippen LogP contribution >= 0.6 is 0 Å². The van der Waals surface area contributed by atoms with Crippen LogP contribution in [-0.2, 0) is 15.5 Å².